The second-order valence-corrected chi connectivity index (χ2v) is 12.3. The van der Waals surface area contributed by atoms with E-state index < -0.39 is 26.0 Å². The van der Waals surface area contributed by atoms with E-state index in [1.807, 2.05) is 30.3 Å². The van der Waals surface area contributed by atoms with Gasteiger partial charge in [0, 0.05) is 39.1 Å². The minimum atomic E-state index is -3.73. The smallest absolute Gasteiger partial charge is 0.243 e. The van der Waals surface area contributed by atoms with Crippen molar-refractivity contribution < 1.29 is 21.6 Å². The third-order valence-electron chi connectivity index (χ3n) is 5.98. The van der Waals surface area contributed by atoms with Gasteiger partial charge in [-0.05, 0) is 42.0 Å². The third-order valence-corrected chi connectivity index (χ3v) is 8.87. The van der Waals surface area contributed by atoms with Crippen molar-refractivity contribution in [2.45, 2.75) is 23.7 Å². The quantitative estimate of drug-likeness (QED) is 0.533. The molecule has 1 saturated heterocycles. The molecule has 1 amide bonds. The number of likely N-dealkylation sites (N-methyl/N-ethyl adjacent to an activating group) is 1. The van der Waals surface area contributed by atoms with E-state index in [-0.39, 0.29) is 29.8 Å². The molecule has 8 nitrogen and oxygen atoms in total. The van der Waals surface area contributed by atoms with Gasteiger partial charge in [-0.15, -0.1) is 0 Å². The molecule has 2 aromatic rings. The molecule has 1 N–H and O–H groups in total. The van der Waals surface area contributed by atoms with Crippen LogP contribution in [-0.2, 0) is 31.3 Å². The molecule has 1 fully saturated rings. The highest BCUT2D eigenvalue weighted by atomic mass is 32.2. The number of hydrogen-bond donors (Lipinski definition) is 1. The van der Waals surface area contributed by atoms with Crippen LogP contribution in [0, 0.1) is 5.92 Å². The Kier molecular flexibility index (Phi) is 8.29. The Hall–Kier alpha value is -2.53. The number of nitrogens with zero attached hydrogens (tertiary/aromatic N) is 2. The summed E-state index contributed by atoms with van der Waals surface area (Å²) >= 11 is 0. The van der Waals surface area contributed by atoms with E-state index >= 15 is 0 Å². The van der Waals surface area contributed by atoms with Gasteiger partial charge in [0.1, 0.15) is 0 Å². The van der Waals surface area contributed by atoms with Crippen molar-refractivity contribution in [2.75, 3.05) is 33.7 Å². The second kappa shape index (κ2) is 10.8. The summed E-state index contributed by atoms with van der Waals surface area (Å²) in [5.74, 6) is -0.594. The highest BCUT2D eigenvalue weighted by molar-refractivity contribution is 7.92. The van der Waals surface area contributed by atoms with Gasteiger partial charge in [0.2, 0.25) is 26.0 Å². The molecule has 0 radical (unpaired) electrons. The number of benzene rings is 2. The molecule has 184 valence electrons. The van der Waals surface area contributed by atoms with Gasteiger partial charge >= 0.3 is 0 Å². The Balaban J connectivity index is 1.75. The van der Waals surface area contributed by atoms with Gasteiger partial charge in [-0.2, -0.15) is 4.31 Å². The maximum absolute atomic E-state index is 13.1. The topological polar surface area (TPSA) is 104 Å². The standard InChI is InChI=1S/C24H31N3O5S2/c1-4-33(29,30)25-17-20-14-15-27(18-20)34(31,32)22-12-10-21(11-13-22)23(24(28)26(2)3)16-19-8-6-5-7-9-19/h4-13,20,23,25H,1,14-18H2,2-3H3/t20-,23?/m1/s1. The number of carbonyl (C=O) groups is 1. The number of rotatable bonds is 10. The maximum Gasteiger partial charge on any atom is 0.243 e. The van der Waals surface area contributed by atoms with Crippen molar-refractivity contribution in [1.82, 2.24) is 13.9 Å². The van der Waals surface area contributed by atoms with E-state index in [9.17, 15) is 21.6 Å². The predicted octanol–water partition coefficient (Wildman–Crippen LogP) is 2.17. The number of sulfonamides is 2. The minimum absolute atomic E-state index is 0.0520. The van der Waals surface area contributed by atoms with Gasteiger partial charge in [-0.1, -0.05) is 49.0 Å². The van der Waals surface area contributed by atoms with E-state index in [1.54, 1.807) is 43.3 Å². The van der Waals surface area contributed by atoms with Gasteiger partial charge in [-0.3, -0.25) is 4.79 Å². The fourth-order valence-electron chi connectivity index (χ4n) is 4.01. The van der Waals surface area contributed by atoms with E-state index in [0.717, 1.165) is 16.5 Å². The van der Waals surface area contributed by atoms with Crippen molar-refractivity contribution in [3.05, 3.63) is 77.7 Å². The van der Waals surface area contributed by atoms with Gasteiger partial charge < -0.3 is 4.90 Å². The number of amides is 1. The molecule has 34 heavy (non-hydrogen) atoms. The Labute approximate surface area is 202 Å². The number of hydrogen-bond acceptors (Lipinski definition) is 5. The Morgan fingerprint density at radius 1 is 1.12 bits per heavy atom. The van der Waals surface area contributed by atoms with Crippen molar-refractivity contribution in [1.29, 1.82) is 0 Å². The largest absolute Gasteiger partial charge is 0.348 e. The van der Waals surface area contributed by atoms with Crippen LogP contribution in [0.5, 0.6) is 0 Å². The van der Waals surface area contributed by atoms with Gasteiger partial charge in [-0.25, -0.2) is 21.6 Å². The first kappa shape index (κ1) is 26.1. The summed E-state index contributed by atoms with van der Waals surface area (Å²) in [6.07, 6.45) is 1.08. The Bertz CT molecular complexity index is 1210. The Morgan fingerprint density at radius 3 is 2.35 bits per heavy atom. The summed E-state index contributed by atoms with van der Waals surface area (Å²) in [6, 6.07) is 16.2. The zero-order valence-corrected chi connectivity index (χ0v) is 21.1. The lowest BCUT2D eigenvalue weighted by Crippen LogP contribution is -2.32. The summed E-state index contributed by atoms with van der Waals surface area (Å²) < 4.78 is 53.2. The molecule has 0 spiro atoms. The van der Waals surface area contributed by atoms with E-state index in [1.165, 1.54) is 4.31 Å². The molecule has 0 saturated carbocycles. The number of nitrogens with one attached hydrogen (secondary N) is 1. The summed E-state index contributed by atoms with van der Waals surface area (Å²) in [5.41, 5.74) is 1.77. The number of carbonyl (C=O) groups excluding carboxylic acids is 1. The summed E-state index contributed by atoms with van der Waals surface area (Å²) in [4.78, 5) is 14.6. The first-order chi connectivity index (χ1) is 16.0. The first-order valence-corrected chi connectivity index (χ1v) is 14.0. The molecule has 1 aliphatic heterocycles. The van der Waals surface area contributed by atoms with Crippen LogP contribution in [0.15, 0.2) is 71.5 Å². The second-order valence-electron chi connectivity index (χ2n) is 8.62. The van der Waals surface area contributed by atoms with Crippen molar-refractivity contribution in [3.8, 4) is 0 Å². The molecule has 1 unspecified atom stereocenters. The maximum atomic E-state index is 13.1. The van der Waals surface area contributed by atoms with Crippen molar-refractivity contribution in [2.24, 2.45) is 5.92 Å². The van der Waals surface area contributed by atoms with Crippen LogP contribution in [-0.4, -0.2) is 65.7 Å². The van der Waals surface area contributed by atoms with Crippen LogP contribution in [0.4, 0.5) is 0 Å². The van der Waals surface area contributed by atoms with Crippen LogP contribution in [0.25, 0.3) is 0 Å². The molecule has 3 rings (SSSR count). The van der Waals surface area contributed by atoms with Crippen molar-refractivity contribution >= 4 is 26.0 Å². The molecular weight excluding hydrogens is 474 g/mol. The Morgan fingerprint density at radius 2 is 1.76 bits per heavy atom. The lowest BCUT2D eigenvalue weighted by Gasteiger charge is -2.22. The minimum Gasteiger partial charge on any atom is -0.348 e. The summed E-state index contributed by atoms with van der Waals surface area (Å²) in [7, 11) is -3.86. The zero-order valence-electron chi connectivity index (χ0n) is 19.4. The molecule has 0 aliphatic carbocycles. The van der Waals surface area contributed by atoms with Gasteiger partial charge in [0.15, 0.2) is 0 Å². The van der Waals surface area contributed by atoms with Crippen LogP contribution in [0.2, 0.25) is 0 Å². The average Bonchev–Trinajstić information content (AvgIpc) is 3.32. The molecule has 1 aliphatic rings. The predicted molar refractivity (Wildman–Crippen MR) is 132 cm³/mol. The first-order valence-electron chi connectivity index (χ1n) is 11.0. The molecule has 2 atom stereocenters. The lowest BCUT2D eigenvalue weighted by atomic mass is 9.91. The van der Waals surface area contributed by atoms with E-state index in [4.69, 9.17) is 0 Å². The normalized spacial score (nSPS) is 17.9. The fraction of sp³-hybridized carbons (Fsp3) is 0.375. The van der Waals surface area contributed by atoms with Gasteiger partial charge in [0.25, 0.3) is 0 Å². The molecular formula is C24H31N3O5S2. The molecule has 10 heteroatoms. The summed E-state index contributed by atoms with van der Waals surface area (Å²) in [5, 5.41) is 0.837. The lowest BCUT2D eigenvalue weighted by molar-refractivity contribution is -0.130. The monoisotopic (exact) mass is 505 g/mol. The molecule has 0 aromatic heterocycles. The molecule has 2 aromatic carbocycles. The van der Waals surface area contributed by atoms with Gasteiger partial charge in [0.05, 0.1) is 10.8 Å². The molecule has 0 bridgehead atoms. The van der Waals surface area contributed by atoms with Crippen molar-refractivity contribution in [3.63, 3.8) is 0 Å². The van der Waals surface area contributed by atoms with E-state index in [0.29, 0.717) is 19.4 Å². The highest BCUT2D eigenvalue weighted by Crippen LogP contribution is 2.28. The van der Waals surface area contributed by atoms with E-state index in [2.05, 4.69) is 11.3 Å². The average molecular weight is 506 g/mol. The summed E-state index contributed by atoms with van der Waals surface area (Å²) in [6.45, 7) is 3.97. The van der Waals surface area contributed by atoms with Crippen LogP contribution >= 0.6 is 0 Å². The third kappa shape index (κ3) is 6.32. The highest BCUT2D eigenvalue weighted by Gasteiger charge is 2.33. The van der Waals surface area contributed by atoms with Crippen LogP contribution in [0.3, 0.4) is 0 Å². The SMILES string of the molecule is C=CS(=O)(=O)NC[C@H]1CCN(S(=O)(=O)c2ccc(C(Cc3ccccc3)C(=O)N(C)C)cc2)C1. The van der Waals surface area contributed by atoms with Crippen LogP contribution in [0.1, 0.15) is 23.5 Å². The van der Waals surface area contributed by atoms with Crippen LogP contribution < -0.4 is 4.72 Å². The zero-order chi connectivity index (χ0) is 24.9. The fourth-order valence-corrected chi connectivity index (χ4v) is 6.12. The molecule has 1 heterocycles.